The smallest absolute Gasteiger partial charge is 0.415 e. The number of nitrogens with zero attached hydrogens (tertiary/aromatic N) is 4. The molecule has 1 N–H and O–H groups in total. The third-order valence-corrected chi connectivity index (χ3v) is 7.75. The first kappa shape index (κ1) is 43.6. The molecule has 0 radical (unpaired) electrons. The molecule has 0 aliphatic carbocycles. The normalized spacial score (nSPS) is 13.0. The van der Waals surface area contributed by atoms with Gasteiger partial charge in [-0.1, -0.05) is 73.4 Å². The van der Waals surface area contributed by atoms with Crippen molar-refractivity contribution >= 4 is 35.4 Å². The molecule has 278 valence electrons. The highest BCUT2D eigenvalue weighted by Crippen LogP contribution is 2.41. The largest absolute Gasteiger partial charge is 0.494 e. The summed E-state index contributed by atoms with van der Waals surface area (Å²) in [6, 6.07) is 3.62. The number of anilines is 1. The van der Waals surface area contributed by atoms with E-state index in [9.17, 15) is 9.59 Å². The van der Waals surface area contributed by atoms with Gasteiger partial charge >= 0.3 is 6.09 Å². The summed E-state index contributed by atoms with van der Waals surface area (Å²) in [6.45, 7) is 27.6. The number of aryl methyl sites for hydroxylation is 1. The summed E-state index contributed by atoms with van der Waals surface area (Å²) in [7, 11) is 1.58. The second kappa shape index (κ2) is 21.6. The van der Waals surface area contributed by atoms with E-state index in [4.69, 9.17) is 25.8 Å². The highest BCUT2D eigenvalue weighted by Gasteiger charge is 2.31. The molecule has 0 fully saturated rings. The Hall–Kier alpha value is -3.40. The van der Waals surface area contributed by atoms with Crippen LogP contribution in [0.25, 0.3) is 11.8 Å². The summed E-state index contributed by atoms with van der Waals surface area (Å²) in [5.74, 6) is 2.33. The maximum atomic E-state index is 12.7. The van der Waals surface area contributed by atoms with Crippen LogP contribution in [0.15, 0.2) is 17.3 Å². The zero-order valence-corrected chi connectivity index (χ0v) is 33.3. The average molecular weight is 706 g/mol. The first-order chi connectivity index (χ1) is 23.2. The van der Waals surface area contributed by atoms with Crippen molar-refractivity contribution in [3.63, 3.8) is 0 Å². The van der Waals surface area contributed by atoms with Gasteiger partial charge in [0, 0.05) is 43.8 Å². The summed E-state index contributed by atoms with van der Waals surface area (Å²) in [6.07, 6.45) is 6.52. The van der Waals surface area contributed by atoms with Gasteiger partial charge in [-0.25, -0.2) is 9.48 Å². The fourth-order valence-electron chi connectivity index (χ4n) is 4.81. The average Bonchev–Trinajstić information content (AvgIpc) is 3.39. The first-order valence-electron chi connectivity index (χ1n) is 18.0. The lowest BCUT2D eigenvalue weighted by Crippen LogP contribution is -2.41. The van der Waals surface area contributed by atoms with Crippen LogP contribution in [0.3, 0.4) is 0 Å². The van der Waals surface area contributed by atoms with E-state index >= 15 is 0 Å². The van der Waals surface area contributed by atoms with Gasteiger partial charge in [-0.05, 0) is 59.0 Å². The van der Waals surface area contributed by atoms with Crippen molar-refractivity contribution in [3.05, 3.63) is 34.2 Å². The summed E-state index contributed by atoms with van der Waals surface area (Å²) in [4.78, 5) is 27.7. The molecule has 49 heavy (non-hydrogen) atoms. The number of hydrogen-bond acceptors (Lipinski definition) is 7. The topological polar surface area (TPSA) is 98.2 Å². The number of rotatable bonds is 9. The van der Waals surface area contributed by atoms with Crippen LogP contribution in [0.1, 0.15) is 125 Å². The predicted molar refractivity (Wildman–Crippen MR) is 203 cm³/mol. The first-order valence-corrected chi connectivity index (χ1v) is 18.4. The van der Waals surface area contributed by atoms with E-state index in [1.807, 2.05) is 65.5 Å². The lowest BCUT2D eigenvalue weighted by atomic mass is 10.1. The quantitative estimate of drug-likeness (QED) is 0.260. The van der Waals surface area contributed by atoms with Crippen molar-refractivity contribution in [2.24, 2.45) is 5.92 Å². The van der Waals surface area contributed by atoms with Gasteiger partial charge in [0.25, 0.3) is 0 Å². The third kappa shape index (κ3) is 13.4. The molecular weight excluding hydrogens is 642 g/mol. The highest BCUT2D eigenvalue weighted by atomic mass is 35.5. The molecule has 0 unspecified atom stereocenters. The SMILES string of the molecule is CC.CCC(C)C.CCCC(=O)N(CCC)CCC.COc1cc2c(cc1-n1nc(C)c3c1C=C(Cl)NC3)OCCN2C(=O)OC(C)(C)C. The predicted octanol–water partition coefficient (Wildman–Crippen LogP) is 9.48. The van der Waals surface area contributed by atoms with Crippen molar-refractivity contribution in [2.75, 3.05) is 38.3 Å². The number of ether oxygens (including phenoxy) is 3. The van der Waals surface area contributed by atoms with Crippen LogP contribution in [0.5, 0.6) is 11.5 Å². The van der Waals surface area contributed by atoms with Gasteiger partial charge in [0.15, 0.2) is 0 Å². The Kier molecular flexibility index (Phi) is 19.3. The lowest BCUT2D eigenvalue weighted by molar-refractivity contribution is -0.131. The Balaban J connectivity index is 0.000000526. The van der Waals surface area contributed by atoms with Gasteiger partial charge in [-0.2, -0.15) is 5.10 Å². The zero-order chi connectivity index (χ0) is 37.3. The van der Waals surface area contributed by atoms with Crippen LogP contribution in [0.2, 0.25) is 0 Å². The van der Waals surface area contributed by atoms with Crippen molar-refractivity contribution < 1.29 is 23.8 Å². The molecule has 2 amide bonds. The molecule has 3 heterocycles. The van der Waals surface area contributed by atoms with E-state index < -0.39 is 11.7 Å². The van der Waals surface area contributed by atoms with E-state index in [0.717, 1.165) is 55.2 Å². The summed E-state index contributed by atoms with van der Waals surface area (Å²) in [5, 5.41) is 8.36. The van der Waals surface area contributed by atoms with E-state index in [1.165, 1.54) is 6.42 Å². The van der Waals surface area contributed by atoms with Crippen LogP contribution in [0.4, 0.5) is 10.5 Å². The Morgan fingerprint density at radius 2 is 1.67 bits per heavy atom. The monoisotopic (exact) mass is 705 g/mol. The van der Waals surface area contributed by atoms with Crippen molar-refractivity contribution in [3.8, 4) is 17.2 Å². The second-order valence-corrected chi connectivity index (χ2v) is 13.5. The van der Waals surface area contributed by atoms with Crippen LogP contribution in [-0.2, 0) is 16.1 Å². The zero-order valence-electron chi connectivity index (χ0n) is 32.6. The van der Waals surface area contributed by atoms with Crippen LogP contribution in [-0.4, -0.2) is 65.6 Å². The highest BCUT2D eigenvalue weighted by molar-refractivity contribution is 6.31. The number of benzene rings is 1. The number of hydrogen-bond donors (Lipinski definition) is 1. The van der Waals surface area contributed by atoms with Gasteiger partial charge in [-0.15, -0.1) is 0 Å². The van der Waals surface area contributed by atoms with Gasteiger partial charge in [0.1, 0.15) is 34.6 Å². The number of carbonyl (C=O) groups excluding carboxylic acids is 2. The molecule has 2 aliphatic rings. The van der Waals surface area contributed by atoms with E-state index in [0.29, 0.717) is 60.1 Å². The van der Waals surface area contributed by atoms with E-state index in [1.54, 1.807) is 22.8 Å². The molecule has 2 aromatic rings. The molecular formula is C38H64ClN5O5. The molecule has 1 aromatic heterocycles. The summed E-state index contributed by atoms with van der Waals surface area (Å²) in [5.41, 5.74) is 3.56. The molecule has 0 spiro atoms. The maximum Gasteiger partial charge on any atom is 0.415 e. The minimum atomic E-state index is -0.592. The minimum absolute atomic E-state index is 0.321. The number of carbonyl (C=O) groups is 2. The standard InChI is InChI=1S/C21H25ClN4O4.C10H21NO.C5H12.C2H6/c1-12-13-11-23-19(22)10-14(13)26(24-12)16-9-18-15(8-17(16)28-5)25(6-7-29-18)20(27)30-21(2,3)4;1-4-7-10(12)11(8-5-2)9-6-3;1-4-5(2)3;1-2/h8-10,23H,6-7,11H2,1-5H3;4-9H2,1-3H3;5H,4H2,1-3H3;1-2H3. The van der Waals surface area contributed by atoms with E-state index in [-0.39, 0.29) is 0 Å². The second-order valence-electron chi connectivity index (χ2n) is 13.1. The van der Waals surface area contributed by atoms with Crippen LogP contribution in [0, 0.1) is 12.8 Å². The Bertz CT molecular complexity index is 1340. The van der Waals surface area contributed by atoms with Crippen LogP contribution >= 0.6 is 11.6 Å². The molecule has 1 aromatic carbocycles. The third-order valence-electron chi connectivity index (χ3n) is 7.51. The van der Waals surface area contributed by atoms with Gasteiger partial charge < -0.3 is 24.4 Å². The Morgan fingerprint density at radius 3 is 2.18 bits per heavy atom. The number of fused-ring (bicyclic) bond motifs is 2. The van der Waals surface area contributed by atoms with E-state index in [2.05, 4.69) is 45.0 Å². The maximum absolute atomic E-state index is 12.7. The van der Waals surface area contributed by atoms with Crippen LogP contribution < -0.4 is 19.7 Å². The Morgan fingerprint density at radius 1 is 1.06 bits per heavy atom. The van der Waals surface area contributed by atoms with Gasteiger partial charge in [0.05, 0.1) is 30.7 Å². The molecule has 0 saturated carbocycles. The number of amides is 2. The van der Waals surface area contributed by atoms with Gasteiger partial charge in [-0.3, -0.25) is 9.69 Å². The summed E-state index contributed by atoms with van der Waals surface area (Å²) >= 11 is 6.20. The molecule has 11 heteroatoms. The lowest BCUT2D eigenvalue weighted by Gasteiger charge is -2.32. The molecule has 4 rings (SSSR count). The minimum Gasteiger partial charge on any atom is -0.494 e. The molecule has 0 saturated heterocycles. The summed E-state index contributed by atoms with van der Waals surface area (Å²) < 4.78 is 18.9. The molecule has 2 aliphatic heterocycles. The van der Waals surface area contributed by atoms with Crippen molar-refractivity contribution in [2.45, 2.75) is 127 Å². The fourth-order valence-corrected chi connectivity index (χ4v) is 4.98. The molecule has 0 bridgehead atoms. The number of methoxy groups -OCH3 is 1. The number of nitrogens with one attached hydrogen (secondary N) is 1. The van der Waals surface area contributed by atoms with Crippen molar-refractivity contribution in [1.29, 1.82) is 0 Å². The van der Waals surface area contributed by atoms with Gasteiger partial charge in [0.2, 0.25) is 5.91 Å². The Labute approximate surface area is 301 Å². The molecule has 10 nitrogen and oxygen atoms in total. The number of halogens is 1. The molecule has 0 atom stereocenters. The van der Waals surface area contributed by atoms with Crippen molar-refractivity contribution in [1.82, 2.24) is 20.0 Å². The number of aromatic nitrogens is 2. The fraction of sp³-hybridized carbons (Fsp3) is 0.658.